The molecule has 1 aromatic rings. The minimum atomic E-state index is 0.470. The molecule has 3 rings (SSSR count). The molecule has 0 radical (unpaired) electrons. The highest BCUT2D eigenvalue weighted by molar-refractivity contribution is 5.16. The van der Waals surface area contributed by atoms with Crippen LogP contribution in [0.25, 0.3) is 0 Å². The molecule has 1 saturated heterocycles. The number of hydrogen-bond donors (Lipinski definition) is 1. The first-order valence-corrected chi connectivity index (χ1v) is 7.81. The molecular weight excluding hydrogens is 232 g/mol. The summed E-state index contributed by atoms with van der Waals surface area (Å²) in [5.41, 5.74) is 7.86. The van der Waals surface area contributed by atoms with Crippen molar-refractivity contribution in [1.29, 1.82) is 0 Å². The van der Waals surface area contributed by atoms with Gasteiger partial charge in [0.15, 0.2) is 0 Å². The maximum absolute atomic E-state index is 5.93. The molecule has 2 fully saturated rings. The van der Waals surface area contributed by atoms with Gasteiger partial charge in [-0.2, -0.15) is 0 Å². The molecule has 1 heterocycles. The van der Waals surface area contributed by atoms with E-state index in [9.17, 15) is 0 Å². The molecule has 0 amide bonds. The van der Waals surface area contributed by atoms with Crippen molar-refractivity contribution < 1.29 is 0 Å². The Kier molecular flexibility index (Phi) is 3.90. The summed E-state index contributed by atoms with van der Waals surface area (Å²) in [5.74, 6) is 0.755. The molecular formula is C17H26N2. The van der Waals surface area contributed by atoms with E-state index >= 15 is 0 Å². The Balaban J connectivity index is 1.73. The molecule has 2 atom stereocenters. The molecule has 1 saturated carbocycles. The van der Waals surface area contributed by atoms with E-state index in [1.807, 2.05) is 0 Å². The normalized spacial score (nSPS) is 31.9. The van der Waals surface area contributed by atoms with Crippen molar-refractivity contribution in [2.24, 2.45) is 11.7 Å². The van der Waals surface area contributed by atoms with Gasteiger partial charge in [-0.05, 0) is 56.7 Å². The third-order valence-electron chi connectivity index (χ3n) is 5.21. The first-order valence-electron chi connectivity index (χ1n) is 7.81. The Labute approximate surface area is 117 Å². The van der Waals surface area contributed by atoms with Crippen molar-refractivity contribution in [3.63, 3.8) is 0 Å². The van der Waals surface area contributed by atoms with E-state index in [1.54, 1.807) is 0 Å². The third-order valence-corrected chi connectivity index (χ3v) is 5.21. The van der Waals surface area contributed by atoms with E-state index < -0.39 is 0 Å². The average molecular weight is 258 g/mol. The van der Waals surface area contributed by atoms with E-state index in [1.165, 1.54) is 50.6 Å². The molecule has 2 heteroatoms. The van der Waals surface area contributed by atoms with Gasteiger partial charge in [0.05, 0.1) is 0 Å². The number of hydrogen-bond acceptors (Lipinski definition) is 2. The average Bonchev–Trinajstić information content (AvgIpc) is 2.82. The molecule has 2 unspecified atom stereocenters. The summed E-state index contributed by atoms with van der Waals surface area (Å²) >= 11 is 0. The molecule has 1 aliphatic carbocycles. The van der Waals surface area contributed by atoms with Crippen molar-refractivity contribution in [1.82, 2.24) is 4.90 Å². The minimum absolute atomic E-state index is 0.470. The molecule has 2 aliphatic rings. The minimum Gasteiger partial charge on any atom is -0.330 e. The van der Waals surface area contributed by atoms with Crippen LogP contribution in [0.15, 0.2) is 30.3 Å². The van der Waals surface area contributed by atoms with Crippen LogP contribution in [0.2, 0.25) is 0 Å². The first kappa shape index (κ1) is 13.1. The largest absolute Gasteiger partial charge is 0.330 e. The van der Waals surface area contributed by atoms with Gasteiger partial charge < -0.3 is 5.73 Å². The van der Waals surface area contributed by atoms with Gasteiger partial charge in [0, 0.05) is 12.1 Å². The van der Waals surface area contributed by atoms with Gasteiger partial charge >= 0.3 is 0 Å². The molecule has 0 bridgehead atoms. The van der Waals surface area contributed by atoms with Crippen molar-refractivity contribution >= 4 is 0 Å². The van der Waals surface area contributed by atoms with Crippen molar-refractivity contribution in [3.05, 3.63) is 35.9 Å². The summed E-state index contributed by atoms with van der Waals surface area (Å²) in [6.45, 7) is 3.27. The zero-order chi connectivity index (χ0) is 13.1. The van der Waals surface area contributed by atoms with Crippen LogP contribution in [0.1, 0.15) is 44.1 Å². The van der Waals surface area contributed by atoms with Crippen molar-refractivity contribution in [2.45, 2.75) is 50.6 Å². The van der Waals surface area contributed by atoms with Crippen LogP contribution in [-0.4, -0.2) is 23.5 Å². The summed E-state index contributed by atoms with van der Waals surface area (Å²) in [6.07, 6.45) is 8.18. The Bertz CT molecular complexity index is 403. The second-order valence-electron chi connectivity index (χ2n) is 6.43. The monoisotopic (exact) mass is 258 g/mol. The highest BCUT2D eigenvalue weighted by Gasteiger charge is 2.43. The number of rotatable bonds is 3. The van der Waals surface area contributed by atoms with Gasteiger partial charge in [0.2, 0.25) is 0 Å². The number of benzene rings is 1. The SMILES string of the molecule is NCC1CCCC2(CCCN2Cc2ccccc2)C1. The second kappa shape index (κ2) is 5.64. The number of nitrogens with zero attached hydrogens (tertiary/aromatic N) is 1. The highest BCUT2D eigenvalue weighted by Crippen LogP contribution is 2.44. The van der Waals surface area contributed by atoms with Crippen molar-refractivity contribution in [3.8, 4) is 0 Å². The van der Waals surface area contributed by atoms with Gasteiger partial charge in [-0.15, -0.1) is 0 Å². The lowest BCUT2D eigenvalue weighted by molar-refractivity contribution is 0.0623. The van der Waals surface area contributed by atoms with Gasteiger partial charge in [-0.1, -0.05) is 36.8 Å². The fourth-order valence-corrected chi connectivity index (χ4v) is 4.22. The van der Waals surface area contributed by atoms with Crippen molar-refractivity contribution in [2.75, 3.05) is 13.1 Å². The van der Waals surface area contributed by atoms with E-state index in [2.05, 4.69) is 35.2 Å². The first-order chi connectivity index (χ1) is 9.32. The Morgan fingerprint density at radius 1 is 1.16 bits per heavy atom. The van der Waals surface area contributed by atoms with Crippen LogP contribution in [0.4, 0.5) is 0 Å². The van der Waals surface area contributed by atoms with Gasteiger partial charge in [-0.25, -0.2) is 0 Å². The predicted molar refractivity (Wildman–Crippen MR) is 79.8 cm³/mol. The molecule has 1 aromatic carbocycles. The van der Waals surface area contributed by atoms with Gasteiger partial charge in [0.25, 0.3) is 0 Å². The fraction of sp³-hybridized carbons (Fsp3) is 0.647. The zero-order valence-electron chi connectivity index (χ0n) is 11.9. The maximum Gasteiger partial charge on any atom is 0.0239 e. The lowest BCUT2D eigenvalue weighted by Crippen LogP contribution is -2.47. The lowest BCUT2D eigenvalue weighted by atomic mass is 9.74. The predicted octanol–water partition coefficient (Wildman–Crippen LogP) is 3.17. The highest BCUT2D eigenvalue weighted by atomic mass is 15.2. The van der Waals surface area contributed by atoms with E-state index in [0.717, 1.165) is 19.0 Å². The zero-order valence-corrected chi connectivity index (χ0v) is 11.9. The van der Waals surface area contributed by atoms with Gasteiger partial charge in [-0.3, -0.25) is 4.90 Å². The van der Waals surface area contributed by atoms with E-state index in [-0.39, 0.29) is 0 Å². The maximum atomic E-state index is 5.93. The standard InChI is InChI=1S/C17H26N2/c18-13-16-8-4-9-17(12-16)10-5-11-19(17)14-15-6-2-1-3-7-15/h1-3,6-7,16H,4-5,8-14,18H2. The third kappa shape index (κ3) is 2.70. The van der Waals surface area contributed by atoms with Crippen LogP contribution in [0.3, 0.4) is 0 Å². The topological polar surface area (TPSA) is 29.3 Å². The van der Waals surface area contributed by atoms with Crippen LogP contribution >= 0.6 is 0 Å². The van der Waals surface area contributed by atoms with Crippen LogP contribution in [0, 0.1) is 5.92 Å². The summed E-state index contributed by atoms with van der Waals surface area (Å²) < 4.78 is 0. The van der Waals surface area contributed by atoms with E-state index in [4.69, 9.17) is 5.73 Å². The summed E-state index contributed by atoms with van der Waals surface area (Å²) in [7, 11) is 0. The Hall–Kier alpha value is -0.860. The Morgan fingerprint density at radius 2 is 1.95 bits per heavy atom. The second-order valence-corrected chi connectivity index (χ2v) is 6.43. The fourth-order valence-electron chi connectivity index (χ4n) is 4.22. The number of nitrogens with two attached hydrogens (primary N) is 1. The molecule has 104 valence electrons. The van der Waals surface area contributed by atoms with Crippen LogP contribution in [0.5, 0.6) is 0 Å². The van der Waals surface area contributed by atoms with Crippen LogP contribution in [-0.2, 0) is 6.54 Å². The Morgan fingerprint density at radius 3 is 2.74 bits per heavy atom. The quantitative estimate of drug-likeness (QED) is 0.902. The summed E-state index contributed by atoms with van der Waals surface area (Å²) in [4.78, 5) is 2.75. The molecule has 2 N–H and O–H groups in total. The lowest BCUT2D eigenvalue weighted by Gasteiger charge is -2.44. The van der Waals surface area contributed by atoms with Gasteiger partial charge in [0.1, 0.15) is 0 Å². The molecule has 19 heavy (non-hydrogen) atoms. The number of likely N-dealkylation sites (tertiary alicyclic amines) is 1. The molecule has 1 aliphatic heterocycles. The summed E-state index contributed by atoms with van der Waals surface area (Å²) in [6, 6.07) is 10.9. The van der Waals surface area contributed by atoms with Crippen LogP contribution < -0.4 is 5.73 Å². The smallest absolute Gasteiger partial charge is 0.0239 e. The summed E-state index contributed by atoms with van der Waals surface area (Å²) in [5, 5.41) is 0. The molecule has 0 aromatic heterocycles. The van der Waals surface area contributed by atoms with E-state index in [0.29, 0.717) is 5.54 Å². The molecule has 2 nitrogen and oxygen atoms in total. The molecule has 1 spiro atoms.